The van der Waals surface area contributed by atoms with Crippen molar-refractivity contribution < 1.29 is 14.7 Å². The Kier molecular flexibility index (Phi) is 3.62. The first-order valence-electron chi connectivity index (χ1n) is 5.94. The molecule has 1 aromatic rings. The zero-order chi connectivity index (χ0) is 13.1. The maximum Gasteiger partial charge on any atom is 0.335 e. The number of carbonyl (C=O) groups excluding carboxylic acids is 1. The van der Waals surface area contributed by atoms with Crippen LogP contribution in [0.15, 0.2) is 18.2 Å². The van der Waals surface area contributed by atoms with Crippen LogP contribution in [-0.2, 0) is 11.2 Å². The van der Waals surface area contributed by atoms with Crippen LogP contribution in [0.3, 0.4) is 0 Å². The first-order valence-corrected chi connectivity index (χ1v) is 5.94. The van der Waals surface area contributed by atoms with Crippen molar-refractivity contribution in [2.24, 2.45) is 0 Å². The lowest BCUT2D eigenvalue weighted by atomic mass is 9.99. The van der Waals surface area contributed by atoms with Crippen molar-refractivity contribution >= 4 is 17.6 Å². The maximum atomic E-state index is 11.9. The molecule has 96 valence electrons. The van der Waals surface area contributed by atoms with Gasteiger partial charge in [-0.15, -0.1) is 0 Å². The van der Waals surface area contributed by atoms with E-state index in [-0.39, 0.29) is 11.5 Å². The van der Waals surface area contributed by atoms with Gasteiger partial charge in [0.15, 0.2) is 0 Å². The van der Waals surface area contributed by atoms with Crippen LogP contribution in [0.1, 0.15) is 22.3 Å². The molecule has 0 radical (unpaired) electrons. The number of carboxylic acid groups (broad SMARTS) is 1. The van der Waals surface area contributed by atoms with Gasteiger partial charge >= 0.3 is 5.97 Å². The molecule has 1 amide bonds. The van der Waals surface area contributed by atoms with Crippen LogP contribution in [0.5, 0.6) is 0 Å². The molecule has 5 heteroatoms. The summed E-state index contributed by atoms with van der Waals surface area (Å²) in [7, 11) is 1.73. The second kappa shape index (κ2) is 5.18. The lowest BCUT2D eigenvalue weighted by molar-refractivity contribution is -0.117. The van der Waals surface area contributed by atoms with E-state index < -0.39 is 5.97 Å². The van der Waals surface area contributed by atoms with Gasteiger partial charge in [-0.2, -0.15) is 0 Å². The Labute approximate surface area is 105 Å². The Hall–Kier alpha value is -1.88. The Bertz CT molecular complexity index is 485. The summed E-state index contributed by atoms with van der Waals surface area (Å²) in [5.74, 6) is -0.919. The van der Waals surface area contributed by atoms with Crippen molar-refractivity contribution in [2.75, 3.05) is 25.0 Å². The van der Waals surface area contributed by atoms with E-state index in [9.17, 15) is 9.59 Å². The number of amides is 1. The average molecular weight is 248 g/mol. The van der Waals surface area contributed by atoms with E-state index >= 15 is 0 Å². The molecule has 1 heterocycles. The van der Waals surface area contributed by atoms with E-state index in [4.69, 9.17) is 5.11 Å². The van der Waals surface area contributed by atoms with Gasteiger partial charge in [-0.25, -0.2) is 4.79 Å². The molecule has 0 aromatic heterocycles. The van der Waals surface area contributed by atoms with Gasteiger partial charge in [-0.1, -0.05) is 0 Å². The smallest absolute Gasteiger partial charge is 0.335 e. The van der Waals surface area contributed by atoms with Crippen molar-refractivity contribution in [3.63, 3.8) is 0 Å². The third-order valence-electron chi connectivity index (χ3n) is 3.07. The average Bonchev–Trinajstić information content (AvgIpc) is 2.37. The number of anilines is 1. The van der Waals surface area contributed by atoms with Gasteiger partial charge in [-0.05, 0) is 43.7 Å². The molecule has 0 saturated carbocycles. The fourth-order valence-electron chi connectivity index (χ4n) is 2.24. The molecule has 1 aliphatic heterocycles. The molecule has 1 aromatic carbocycles. The molecule has 1 aliphatic rings. The molecule has 18 heavy (non-hydrogen) atoms. The SMILES string of the molecule is CNCC(=O)N1CCCc2cc(C(=O)O)ccc21. The summed E-state index contributed by atoms with van der Waals surface area (Å²) in [6.45, 7) is 0.986. The minimum atomic E-state index is -0.934. The summed E-state index contributed by atoms with van der Waals surface area (Å²) in [6.07, 6.45) is 1.69. The lowest BCUT2D eigenvalue weighted by Crippen LogP contribution is -2.40. The number of fused-ring (bicyclic) bond motifs is 1. The number of nitrogens with zero attached hydrogens (tertiary/aromatic N) is 1. The zero-order valence-electron chi connectivity index (χ0n) is 10.3. The van der Waals surface area contributed by atoms with Gasteiger partial charge in [0.1, 0.15) is 0 Å². The summed E-state index contributed by atoms with van der Waals surface area (Å²) in [6, 6.07) is 4.94. The molecule has 0 unspecified atom stereocenters. The monoisotopic (exact) mass is 248 g/mol. The van der Waals surface area contributed by atoms with Gasteiger partial charge in [0.2, 0.25) is 5.91 Å². The predicted molar refractivity (Wildman–Crippen MR) is 68.0 cm³/mol. The van der Waals surface area contributed by atoms with Crippen LogP contribution in [0.2, 0.25) is 0 Å². The number of carboxylic acids is 1. The minimum absolute atomic E-state index is 0.0153. The van der Waals surface area contributed by atoms with Crippen molar-refractivity contribution in [1.29, 1.82) is 0 Å². The lowest BCUT2D eigenvalue weighted by Gasteiger charge is -2.29. The van der Waals surface area contributed by atoms with Crippen LogP contribution < -0.4 is 10.2 Å². The number of aryl methyl sites for hydroxylation is 1. The first-order chi connectivity index (χ1) is 8.63. The molecule has 5 nitrogen and oxygen atoms in total. The highest BCUT2D eigenvalue weighted by molar-refractivity contribution is 5.97. The highest BCUT2D eigenvalue weighted by Gasteiger charge is 2.22. The molecule has 0 fully saturated rings. The second-order valence-electron chi connectivity index (χ2n) is 4.33. The van der Waals surface area contributed by atoms with Gasteiger partial charge in [0, 0.05) is 12.2 Å². The van der Waals surface area contributed by atoms with Crippen molar-refractivity contribution in [3.05, 3.63) is 29.3 Å². The van der Waals surface area contributed by atoms with Crippen LogP contribution >= 0.6 is 0 Å². The Balaban J connectivity index is 2.32. The molecule has 0 saturated heterocycles. The second-order valence-corrected chi connectivity index (χ2v) is 4.33. The van der Waals surface area contributed by atoms with E-state index in [1.54, 1.807) is 30.1 Å². The topological polar surface area (TPSA) is 69.6 Å². The third kappa shape index (κ3) is 2.36. The summed E-state index contributed by atoms with van der Waals surface area (Å²) >= 11 is 0. The van der Waals surface area contributed by atoms with Crippen molar-refractivity contribution in [2.45, 2.75) is 12.8 Å². The number of benzene rings is 1. The Morgan fingerprint density at radius 3 is 2.89 bits per heavy atom. The third-order valence-corrected chi connectivity index (χ3v) is 3.07. The minimum Gasteiger partial charge on any atom is -0.478 e. The molecule has 2 N–H and O–H groups in total. The van der Waals surface area contributed by atoms with E-state index in [0.29, 0.717) is 13.1 Å². The number of likely N-dealkylation sites (N-methyl/N-ethyl adjacent to an activating group) is 1. The molecule has 0 aliphatic carbocycles. The maximum absolute atomic E-state index is 11.9. The molecule has 0 spiro atoms. The Morgan fingerprint density at radius 1 is 1.44 bits per heavy atom. The van der Waals surface area contributed by atoms with E-state index in [1.165, 1.54) is 0 Å². The molecule has 2 rings (SSSR count). The zero-order valence-corrected chi connectivity index (χ0v) is 10.3. The number of aromatic carboxylic acids is 1. The highest BCUT2D eigenvalue weighted by atomic mass is 16.4. The van der Waals surface area contributed by atoms with Crippen LogP contribution in [0, 0.1) is 0 Å². The standard InChI is InChI=1S/C13H16N2O3/c1-14-8-12(16)15-6-2-3-9-7-10(13(17)18)4-5-11(9)15/h4-5,7,14H,2-3,6,8H2,1H3,(H,17,18). The number of carbonyl (C=O) groups is 2. The molecule has 0 bridgehead atoms. The van der Waals surface area contributed by atoms with Crippen molar-refractivity contribution in [1.82, 2.24) is 5.32 Å². The number of hydrogen-bond donors (Lipinski definition) is 2. The first kappa shape index (κ1) is 12.6. The van der Waals surface area contributed by atoms with Crippen LogP contribution in [0.25, 0.3) is 0 Å². The molecular weight excluding hydrogens is 232 g/mol. The van der Waals surface area contributed by atoms with Crippen LogP contribution in [0.4, 0.5) is 5.69 Å². The number of hydrogen-bond acceptors (Lipinski definition) is 3. The Morgan fingerprint density at radius 2 is 2.22 bits per heavy atom. The summed E-state index contributed by atoms with van der Waals surface area (Å²) in [5, 5.41) is 11.8. The van der Waals surface area contributed by atoms with Crippen LogP contribution in [-0.4, -0.2) is 37.1 Å². The quantitative estimate of drug-likeness (QED) is 0.833. The molecular formula is C13H16N2O3. The van der Waals surface area contributed by atoms with Gasteiger partial charge in [0.05, 0.1) is 12.1 Å². The fourth-order valence-corrected chi connectivity index (χ4v) is 2.24. The van der Waals surface area contributed by atoms with E-state index in [2.05, 4.69) is 5.32 Å². The van der Waals surface area contributed by atoms with Gasteiger partial charge in [-0.3, -0.25) is 4.79 Å². The number of rotatable bonds is 3. The summed E-state index contributed by atoms with van der Waals surface area (Å²) in [4.78, 5) is 24.6. The summed E-state index contributed by atoms with van der Waals surface area (Å²) < 4.78 is 0. The fraction of sp³-hybridized carbons (Fsp3) is 0.385. The number of nitrogens with one attached hydrogen (secondary N) is 1. The summed E-state index contributed by atoms with van der Waals surface area (Å²) in [5.41, 5.74) is 2.05. The highest BCUT2D eigenvalue weighted by Crippen LogP contribution is 2.28. The van der Waals surface area contributed by atoms with E-state index in [1.807, 2.05) is 0 Å². The van der Waals surface area contributed by atoms with Gasteiger partial charge < -0.3 is 15.3 Å². The van der Waals surface area contributed by atoms with E-state index in [0.717, 1.165) is 24.1 Å². The molecule has 0 atom stereocenters. The normalized spacial score (nSPS) is 14.2. The van der Waals surface area contributed by atoms with Gasteiger partial charge in [0.25, 0.3) is 0 Å². The largest absolute Gasteiger partial charge is 0.478 e. The van der Waals surface area contributed by atoms with Crippen molar-refractivity contribution in [3.8, 4) is 0 Å². The predicted octanol–water partition coefficient (Wildman–Crippen LogP) is 0.883.